The van der Waals surface area contributed by atoms with Crippen molar-refractivity contribution in [3.63, 3.8) is 0 Å². The third kappa shape index (κ3) is 2.41. The van der Waals surface area contributed by atoms with Crippen molar-refractivity contribution in [2.45, 2.75) is 0 Å². The summed E-state index contributed by atoms with van der Waals surface area (Å²) in [6.07, 6.45) is 0. The third-order valence-electron chi connectivity index (χ3n) is 3.24. The maximum absolute atomic E-state index is 12.1. The highest BCUT2D eigenvalue weighted by Gasteiger charge is 2.36. The van der Waals surface area contributed by atoms with E-state index < -0.39 is 17.7 Å². The minimum Gasteiger partial charge on any atom is -0.325 e. The summed E-state index contributed by atoms with van der Waals surface area (Å²) in [7, 11) is 0. The second kappa shape index (κ2) is 5.20. The lowest BCUT2D eigenvalue weighted by Gasteiger charge is -2.13. The average Bonchev–Trinajstić information content (AvgIpc) is 2.74. The first kappa shape index (κ1) is 13.1. The van der Waals surface area contributed by atoms with Crippen LogP contribution in [0.1, 0.15) is 20.7 Å². The Labute approximate surface area is 121 Å². The van der Waals surface area contributed by atoms with E-state index in [-0.39, 0.29) is 6.54 Å². The van der Waals surface area contributed by atoms with Crippen LogP contribution in [0.2, 0.25) is 0 Å². The van der Waals surface area contributed by atoms with E-state index in [1.165, 1.54) is 0 Å². The molecule has 1 aliphatic rings. The minimum absolute atomic E-state index is 0.290. The Balaban J connectivity index is 1.73. The van der Waals surface area contributed by atoms with Crippen molar-refractivity contribution in [3.8, 4) is 0 Å². The van der Waals surface area contributed by atoms with Crippen LogP contribution in [-0.2, 0) is 4.79 Å². The van der Waals surface area contributed by atoms with Gasteiger partial charge in [-0.1, -0.05) is 30.3 Å². The quantitative estimate of drug-likeness (QED) is 0.873. The number of nitrogens with one attached hydrogen (secondary N) is 1. The summed E-state index contributed by atoms with van der Waals surface area (Å²) in [5.41, 5.74) is 1.31. The van der Waals surface area contributed by atoms with Crippen molar-refractivity contribution in [1.82, 2.24) is 4.90 Å². The van der Waals surface area contributed by atoms with E-state index in [4.69, 9.17) is 0 Å². The molecule has 1 heterocycles. The van der Waals surface area contributed by atoms with Crippen LogP contribution in [0.25, 0.3) is 0 Å². The van der Waals surface area contributed by atoms with Gasteiger partial charge in [-0.05, 0) is 24.3 Å². The Morgan fingerprint density at radius 1 is 0.857 bits per heavy atom. The van der Waals surface area contributed by atoms with E-state index in [1.54, 1.807) is 48.5 Å². The SMILES string of the molecule is O=C(CN1C(=O)c2ccccc2C1=O)Nc1ccccc1. The van der Waals surface area contributed by atoms with Gasteiger partial charge in [0.25, 0.3) is 11.8 Å². The number of benzene rings is 2. The maximum atomic E-state index is 12.1. The van der Waals surface area contributed by atoms with Crippen molar-refractivity contribution in [1.29, 1.82) is 0 Å². The molecule has 104 valence electrons. The summed E-state index contributed by atoms with van der Waals surface area (Å²) in [5.74, 6) is -1.27. The van der Waals surface area contributed by atoms with Gasteiger partial charge >= 0.3 is 0 Å². The number of nitrogens with zero attached hydrogens (tertiary/aromatic N) is 1. The molecule has 3 rings (SSSR count). The smallest absolute Gasteiger partial charge is 0.262 e. The molecule has 0 atom stereocenters. The average molecular weight is 280 g/mol. The van der Waals surface area contributed by atoms with Gasteiger partial charge in [-0.15, -0.1) is 0 Å². The molecule has 0 bridgehead atoms. The molecular formula is C16H12N2O3. The van der Waals surface area contributed by atoms with E-state index >= 15 is 0 Å². The third-order valence-corrected chi connectivity index (χ3v) is 3.24. The fourth-order valence-corrected chi connectivity index (χ4v) is 2.25. The number of hydrogen-bond donors (Lipinski definition) is 1. The Bertz CT molecular complexity index is 690. The number of amides is 3. The zero-order valence-electron chi connectivity index (χ0n) is 11.1. The number of hydrogen-bond acceptors (Lipinski definition) is 3. The highest BCUT2D eigenvalue weighted by atomic mass is 16.2. The van der Waals surface area contributed by atoms with Crippen LogP contribution in [0.15, 0.2) is 54.6 Å². The van der Waals surface area contributed by atoms with Crippen LogP contribution >= 0.6 is 0 Å². The molecule has 0 unspecified atom stereocenters. The van der Waals surface area contributed by atoms with Crippen molar-refractivity contribution in [3.05, 3.63) is 65.7 Å². The second-order valence-electron chi connectivity index (χ2n) is 4.66. The molecule has 3 amide bonds. The van der Waals surface area contributed by atoms with Crippen LogP contribution in [0.3, 0.4) is 0 Å². The lowest BCUT2D eigenvalue weighted by Crippen LogP contribution is -2.37. The predicted octanol–water partition coefficient (Wildman–Crippen LogP) is 1.92. The molecule has 0 fully saturated rings. The van der Waals surface area contributed by atoms with Gasteiger partial charge in [0, 0.05) is 5.69 Å². The Kier molecular flexibility index (Phi) is 3.23. The van der Waals surface area contributed by atoms with Gasteiger partial charge in [-0.25, -0.2) is 0 Å². The summed E-state index contributed by atoms with van der Waals surface area (Å²) in [5, 5.41) is 2.65. The first-order chi connectivity index (χ1) is 10.2. The second-order valence-corrected chi connectivity index (χ2v) is 4.66. The van der Waals surface area contributed by atoms with Crippen molar-refractivity contribution < 1.29 is 14.4 Å². The molecule has 5 nitrogen and oxygen atoms in total. The number of carbonyl (C=O) groups is 3. The van der Waals surface area contributed by atoms with Gasteiger partial charge in [-0.3, -0.25) is 19.3 Å². The summed E-state index contributed by atoms with van der Waals surface area (Å²) >= 11 is 0. The van der Waals surface area contributed by atoms with Gasteiger partial charge in [0.05, 0.1) is 11.1 Å². The Morgan fingerprint density at radius 3 is 1.95 bits per heavy atom. The summed E-state index contributed by atoms with van der Waals surface area (Å²) in [4.78, 5) is 37.2. The molecule has 2 aromatic rings. The highest BCUT2D eigenvalue weighted by molar-refractivity contribution is 6.22. The largest absolute Gasteiger partial charge is 0.325 e. The zero-order valence-corrected chi connectivity index (χ0v) is 11.1. The molecule has 0 spiro atoms. The number of anilines is 1. The van der Waals surface area contributed by atoms with Gasteiger partial charge < -0.3 is 5.32 Å². The molecule has 0 aromatic heterocycles. The van der Waals surface area contributed by atoms with Gasteiger partial charge in [0.2, 0.25) is 5.91 Å². The molecule has 5 heteroatoms. The molecule has 0 radical (unpaired) electrons. The van der Waals surface area contributed by atoms with E-state index in [9.17, 15) is 14.4 Å². The molecule has 0 saturated carbocycles. The molecule has 0 saturated heterocycles. The van der Waals surface area contributed by atoms with Crippen molar-refractivity contribution >= 4 is 23.4 Å². The number of fused-ring (bicyclic) bond motifs is 1. The van der Waals surface area contributed by atoms with Crippen molar-refractivity contribution in [2.24, 2.45) is 0 Å². The zero-order chi connectivity index (χ0) is 14.8. The standard InChI is InChI=1S/C16H12N2O3/c19-14(17-11-6-2-1-3-7-11)10-18-15(20)12-8-4-5-9-13(12)16(18)21/h1-9H,10H2,(H,17,19). The maximum Gasteiger partial charge on any atom is 0.262 e. The number of rotatable bonds is 3. The van der Waals surface area contributed by atoms with Crippen LogP contribution < -0.4 is 5.32 Å². The molecule has 0 aliphatic carbocycles. The van der Waals surface area contributed by atoms with E-state index in [1.807, 2.05) is 6.07 Å². The number of carbonyl (C=O) groups excluding carboxylic acids is 3. The lowest BCUT2D eigenvalue weighted by molar-refractivity contribution is -0.116. The molecular weight excluding hydrogens is 268 g/mol. The first-order valence-electron chi connectivity index (χ1n) is 6.47. The summed E-state index contributed by atoms with van der Waals surface area (Å²) in [6.45, 7) is -0.290. The fraction of sp³-hybridized carbons (Fsp3) is 0.0625. The van der Waals surface area contributed by atoms with Crippen LogP contribution in [0, 0.1) is 0 Å². The van der Waals surface area contributed by atoms with Crippen LogP contribution in [-0.4, -0.2) is 29.2 Å². The van der Waals surface area contributed by atoms with E-state index in [2.05, 4.69) is 5.32 Å². The van der Waals surface area contributed by atoms with Crippen LogP contribution in [0.5, 0.6) is 0 Å². The highest BCUT2D eigenvalue weighted by Crippen LogP contribution is 2.22. The summed E-state index contributed by atoms with van der Waals surface area (Å²) < 4.78 is 0. The lowest BCUT2D eigenvalue weighted by atomic mass is 10.1. The first-order valence-corrected chi connectivity index (χ1v) is 6.47. The van der Waals surface area contributed by atoms with Crippen LogP contribution in [0.4, 0.5) is 5.69 Å². The molecule has 2 aromatic carbocycles. The predicted molar refractivity (Wildman–Crippen MR) is 76.9 cm³/mol. The fourth-order valence-electron chi connectivity index (χ4n) is 2.25. The normalized spacial score (nSPS) is 13.2. The van der Waals surface area contributed by atoms with E-state index in [0.29, 0.717) is 16.8 Å². The monoisotopic (exact) mass is 280 g/mol. The summed E-state index contributed by atoms with van der Waals surface area (Å²) in [6, 6.07) is 15.4. The number of para-hydroxylation sites is 1. The molecule has 1 N–H and O–H groups in total. The molecule has 21 heavy (non-hydrogen) atoms. The Hall–Kier alpha value is -2.95. The minimum atomic E-state index is -0.432. The van der Waals surface area contributed by atoms with E-state index in [0.717, 1.165) is 4.90 Å². The van der Waals surface area contributed by atoms with Gasteiger partial charge in [0.1, 0.15) is 6.54 Å². The van der Waals surface area contributed by atoms with Gasteiger partial charge in [-0.2, -0.15) is 0 Å². The van der Waals surface area contributed by atoms with Crippen molar-refractivity contribution in [2.75, 3.05) is 11.9 Å². The topological polar surface area (TPSA) is 66.5 Å². The van der Waals surface area contributed by atoms with Gasteiger partial charge in [0.15, 0.2) is 0 Å². The Morgan fingerprint density at radius 2 is 1.38 bits per heavy atom. The number of imide groups is 1. The molecule has 1 aliphatic heterocycles.